The maximum absolute atomic E-state index is 13.1. The highest BCUT2D eigenvalue weighted by Gasteiger charge is 2.23. The van der Waals surface area contributed by atoms with Crippen molar-refractivity contribution in [2.45, 2.75) is 4.90 Å². The van der Waals surface area contributed by atoms with Gasteiger partial charge in [-0.25, -0.2) is 8.42 Å². The van der Waals surface area contributed by atoms with E-state index in [1.54, 1.807) is 18.2 Å². The average Bonchev–Trinajstić information content (AvgIpc) is 2.91. The van der Waals surface area contributed by atoms with E-state index in [-0.39, 0.29) is 27.0 Å². The lowest BCUT2D eigenvalue weighted by Crippen LogP contribution is -2.38. The van der Waals surface area contributed by atoms with E-state index in [0.717, 1.165) is 38.9 Å². The first-order chi connectivity index (χ1) is 18.3. The minimum absolute atomic E-state index is 0.0457. The normalized spacial score (nSPS) is 14.3. The topological polar surface area (TPSA) is 135 Å². The zero-order chi connectivity index (χ0) is 27.0. The molecule has 1 aliphatic rings. The van der Waals surface area contributed by atoms with Crippen molar-refractivity contribution in [1.29, 1.82) is 0 Å². The molecule has 0 radical (unpaired) electrons. The number of halogens is 1. The number of rotatable bonds is 11. The predicted octanol–water partition coefficient (Wildman–Crippen LogP) is 4.21. The molecule has 1 aliphatic heterocycles. The number of para-hydroxylation sites is 1. The number of nitro groups is 1. The monoisotopic (exact) mass is 559 g/mol. The molecule has 200 valence electrons. The Morgan fingerprint density at radius 1 is 1.08 bits per heavy atom. The van der Waals surface area contributed by atoms with Gasteiger partial charge in [-0.3, -0.25) is 25.2 Å². The summed E-state index contributed by atoms with van der Waals surface area (Å²) in [7, 11) is -4.25. The molecular weight excluding hydrogens is 534 g/mol. The summed E-state index contributed by atoms with van der Waals surface area (Å²) >= 11 is 6.08. The van der Waals surface area contributed by atoms with Crippen LogP contribution in [0.25, 0.3) is 0 Å². The number of sulfonamides is 1. The van der Waals surface area contributed by atoms with Gasteiger partial charge in [0.1, 0.15) is 17.3 Å². The molecule has 1 fully saturated rings. The quantitative estimate of drug-likeness (QED) is 0.203. The van der Waals surface area contributed by atoms with Crippen molar-refractivity contribution in [1.82, 2.24) is 4.90 Å². The molecule has 1 heterocycles. The molecule has 0 bridgehead atoms. The summed E-state index contributed by atoms with van der Waals surface area (Å²) in [6.45, 7) is 4.55. The molecule has 1 saturated heterocycles. The van der Waals surface area contributed by atoms with E-state index in [1.165, 1.54) is 30.5 Å². The molecule has 0 unspecified atom stereocenters. The van der Waals surface area contributed by atoms with Crippen LogP contribution < -0.4 is 14.9 Å². The van der Waals surface area contributed by atoms with Crippen molar-refractivity contribution in [2.24, 2.45) is 5.10 Å². The van der Waals surface area contributed by atoms with Crippen LogP contribution in [0.3, 0.4) is 0 Å². The molecule has 2 N–H and O–H groups in total. The Hall–Kier alpha value is -3.71. The Labute approximate surface area is 225 Å². The van der Waals surface area contributed by atoms with Crippen molar-refractivity contribution < 1.29 is 22.8 Å². The fourth-order valence-electron chi connectivity index (χ4n) is 3.66. The van der Waals surface area contributed by atoms with Gasteiger partial charge in [0.2, 0.25) is 0 Å². The second-order valence-corrected chi connectivity index (χ2v) is 10.3. The summed E-state index contributed by atoms with van der Waals surface area (Å²) in [4.78, 5) is 12.5. The number of nitro benzene ring substituents is 1. The summed E-state index contributed by atoms with van der Waals surface area (Å²) in [5.74, 6) is 0.671. The number of hydrogen-bond donors (Lipinski definition) is 2. The van der Waals surface area contributed by atoms with Gasteiger partial charge in [-0.05, 0) is 35.9 Å². The number of hydrazone groups is 1. The molecule has 11 nitrogen and oxygen atoms in total. The van der Waals surface area contributed by atoms with Gasteiger partial charge in [0.15, 0.2) is 0 Å². The highest BCUT2D eigenvalue weighted by molar-refractivity contribution is 7.93. The van der Waals surface area contributed by atoms with Crippen molar-refractivity contribution in [3.63, 3.8) is 0 Å². The highest BCUT2D eigenvalue weighted by Crippen LogP contribution is 2.30. The minimum atomic E-state index is -4.25. The molecule has 0 aliphatic carbocycles. The average molecular weight is 560 g/mol. The third-order valence-electron chi connectivity index (χ3n) is 5.62. The van der Waals surface area contributed by atoms with E-state index in [9.17, 15) is 18.5 Å². The lowest BCUT2D eigenvalue weighted by Gasteiger charge is -2.26. The zero-order valence-corrected chi connectivity index (χ0v) is 21.8. The summed E-state index contributed by atoms with van der Waals surface area (Å²) in [6, 6.07) is 17.0. The Bertz CT molecular complexity index is 1410. The van der Waals surface area contributed by atoms with Gasteiger partial charge in [0.05, 0.1) is 40.7 Å². The lowest BCUT2D eigenvalue weighted by molar-refractivity contribution is -0.385. The molecular formula is C25H26ClN5O6S. The van der Waals surface area contributed by atoms with Crippen LogP contribution in [0.1, 0.15) is 5.56 Å². The van der Waals surface area contributed by atoms with Crippen LogP contribution in [-0.2, 0) is 14.8 Å². The third kappa shape index (κ3) is 7.42. The van der Waals surface area contributed by atoms with Crippen LogP contribution in [0.4, 0.5) is 17.1 Å². The van der Waals surface area contributed by atoms with Crippen LogP contribution in [0, 0.1) is 10.1 Å². The van der Waals surface area contributed by atoms with Crippen molar-refractivity contribution in [3.05, 3.63) is 87.4 Å². The van der Waals surface area contributed by atoms with Gasteiger partial charge in [-0.2, -0.15) is 5.10 Å². The fraction of sp³-hybridized carbons (Fsp3) is 0.240. The van der Waals surface area contributed by atoms with E-state index >= 15 is 0 Å². The van der Waals surface area contributed by atoms with E-state index in [2.05, 4.69) is 20.1 Å². The molecule has 38 heavy (non-hydrogen) atoms. The first kappa shape index (κ1) is 27.3. The number of anilines is 2. The minimum Gasteiger partial charge on any atom is -0.492 e. The number of nitrogens with zero attached hydrogens (tertiary/aromatic N) is 3. The van der Waals surface area contributed by atoms with Gasteiger partial charge in [0, 0.05) is 31.8 Å². The van der Waals surface area contributed by atoms with Crippen molar-refractivity contribution in [3.8, 4) is 5.75 Å². The third-order valence-corrected chi connectivity index (χ3v) is 7.36. The van der Waals surface area contributed by atoms with E-state index in [1.807, 2.05) is 18.2 Å². The Morgan fingerprint density at radius 2 is 1.87 bits per heavy atom. The standard InChI is InChI=1S/C25H26ClN5O6S/c26-22-6-1-2-7-23(22)29-38(34,35)25-17-20(31(32)33)8-9-24(25)28-27-18-19-4-3-5-21(16-19)37-15-12-30-10-13-36-14-11-30/h1-9,16-18,28-29H,10-15H2/b27-18+. The summed E-state index contributed by atoms with van der Waals surface area (Å²) in [6.07, 6.45) is 1.49. The Kier molecular flexibility index (Phi) is 9.13. The number of hydrogen-bond acceptors (Lipinski definition) is 9. The Morgan fingerprint density at radius 3 is 2.63 bits per heavy atom. The molecule has 3 aromatic rings. The zero-order valence-electron chi connectivity index (χ0n) is 20.2. The molecule has 0 atom stereocenters. The molecule has 0 spiro atoms. The van der Waals surface area contributed by atoms with Crippen LogP contribution in [-0.4, -0.2) is 63.9 Å². The Balaban J connectivity index is 1.46. The van der Waals surface area contributed by atoms with Gasteiger partial charge in [0.25, 0.3) is 15.7 Å². The smallest absolute Gasteiger partial charge is 0.270 e. The summed E-state index contributed by atoms with van der Waals surface area (Å²) in [5, 5.41) is 15.6. The van der Waals surface area contributed by atoms with Gasteiger partial charge >= 0.3 is 0 Å². The first-order valence-corrected chi connectivity index (χ1v) is 13.6. The maximum Gasteiger partial charge on any atom is 0.270 e. The van der Waals surface area contributed by atoms with E-state index in [0.29, 0.717) is 17.9 Å². The second kappa shape index (κ2) is 12.7. The largest absolute Gasteiger partial charge is 0.492 e. The second-order valence-electron chi connectivity index (χ2n) is 8.27. The molecule has 0 amide bonds. The van der Waals surface area contributed by atoms with Gasteiger partial charge in [-0.15, -0.1) is 0 Å². The SMILES string of the molecule is O=[N+]([O-])c1ccc(N/N=C/c2cccc(OCCN3CCOCC3)c2)c(S(=O)(=O)Nc2ccccc2Cl)c1. The number of benzene rings is 3. The van der Waals surface area contributed by atoms with Crippen molar-refractivity contribution >= 4 is 44.9 Å². The summed E-state index contributed by atoms with van der Waals surface area (Å²) < 4.78 is 39.8. The maximum atomic E-state index is 13.1. The number of morpholine rings is 1. The number of ether oxygens (including phenoxy) is 2. The van der Waals surface area contributed by atoms with Crippen LogP contribution >= 0.6 is 11.6 Å². The number of non-ortho nitro benzene ring substituents is 1. The molecule has 0 saturated carbocycles. The fourth-order valence-corrected chi connectivity index (χ4v) is 5.16. The van der Waals surface area contributed by atoms with Crippen LogP contribution in [0.5, 0.6) is 5.75 Å². The van der Waals surface area contributed by atoms with Gasteiger partial charge < -0.3 is 9.47 Å². The molecule has 0 aromatic heterocycles. The predicted molar refractivity (Wildman–Crippen MR) is 146 cm³/mol. The van der Waals surface area contributed by atoms with Crippen molar-refractivity contribution in [2.75, 3.05) is 49.6 Å². The van der Waals surface area contributed by atoms with Gasteiger partial charge in [-0.1, -0.05) is 35.9 Å². The van der Waals surface area contributed by atoms with Crippen LogP contribution in [0.2, 0.25) is 5.02 Å². The molecule has 13 heteroatoms. The lowest BCUT2D eigenvalue weighted by atomic mass is 10.2. The van der Waals surface area contributed by atoms with E-state index < -0.39 is 14.9 Å². The van der Waals surface area contributed by atoms with Crippen LogP contribution in [0.15, 0.2) is 76.7 Å². The molecule has 4 rings (SSSR count). The highest BCUT2D eigenvalue weighted by atomic mass is 35.5. The molecule has 3 aromatic carbocycles. The first-order valence-electron chi connectivity index (χ1n) is 11.7. The van der Waals surface area contributed by atoms with E-state index in [4.69, 9.17) is 21.1 Å². The summed E-state index contributed by atoms with van der Waals surface area (Å²) in [5.41, 5.74) is 3.18. The number of nitrogens with one attached hydrogen (secondary N) is 2.